The summed E-state index contributed by atoms with van der Waals surface area (Å²) in [6.07, 6.45) is 3.47. The highest BCUT2D eigenvalue weighted by Crippen LogP contribution is 2.29. The Balaban J connectivity index is 1.58. The minimum absolute atomic E-state index is 0.0138. The van der Waals surface area contributed by atoms with Gasteiger partial charge in [-0.05, 0) is 42.5 Å². The van der Waals surface area contributed by atoms with Gasteiger partial charge in [-0.15, -0.1) is 10.2 Å². The quantitative estimate of drug-likeness (QED) is 0.583. The SMILES string of the molecule is COc1ccc(-c2nnc(SCC(=O)NC3CCCC(C)C3C)n2N)cc1. The second kappa shape index (κ2) is 8.65. The molecule has 1 saturated carbocycles. The van der Waals surface area contributed by atoms with Gasteiger partial charge in [0.05, 0.1) is 12.9 Å². The number of benzene rings is 1. The smallest absolute Gasteiger partial charge is 0.230 e. The van der Waals surface area contributed by atoms with Crippen molar-refractivity contribution in [2.45, 2.75) is 44.3 Å². The van der Waals surface area contributed by atoms with E-state index in [1.807, 2.05) is 24.3 Å². The van der Waals surface area contributed by atoms with Gasteiger partial charge < -0.3 is 15.9 Å². The minimum atomic E-state index is 0.0138. The third-order valence-corrected chi connectivity index (χ3v) is 6.34. The Bertz CT molecular complexity index is 777. The molecule has 1 amide bonds. The third kappa shape index (κ3) is 4.55. The van der Waals surface area contributed by atoms with Crippen LogP contribution in [0, 0.1) is 11.8 Å². The van der Waals surface area contributed by atoms with Gasteiger partial charge in [0.2, 0.25) is 11.1 Å². The number of nitrogens with one attached hydrogen (secondary N) is 1. The van der Waals surface area contributed by atoms with E-state index in [9.17, 15) is 4.79 Å². The molecule has 1 aliphatic rings. The molecule has 3 rings (SSSR count). The van der Waals surface area contributed by atoms with Gasteiger partial charge in [0, 0.05) is 11.6 Å². The van der Waals surface area contributed by atoms with Crippen LogP contribution in [0.3, 0.4) is 0 Å². The first-order chi connectivity index (χ1) is 13.0. The topological polar surface area (TPSA) is 95.1 Å². The predicted octanol–water partition coefficient (Wildman–Crippen LogP) is 2.70. The maximum Gasteiger partial charge on any atom is 0.230 e. The van der Waals surface area contributed by atoms with E-state index in [1.165, 1.54) is 29.3 Å². The van der Waals surface area contributed by atoms with Crippen molar-refractivity contribution in [2.24, 2.45) is 11.8 Å². The van der Waals surface area contributed by atoms with Crippen molar-refractivity contribution >= 4 is 17.7 Å². The molecular formula is C19H27N5O2S. The second-order valence-electron chi connectivity index (χ2n) is 7.13. The summed E-state index contributed by atoms with van der Waals surface area (Å²) >= 11 is 1.30. The Hall–Kier alpha value is -2.22. The lowest BCUT2D eigenvalue weighted by Crippen LogP contribution is -2.44. The Morgan fingerprint density at radius 3 is 2.74 bits per heavy atom. The minimum Gasteiger partial charge on any atom is -0.497 e. The molecule has 2 aromatic rings. The molecule has 0 saturated heterocycles. The standard InChI is InChI=1S/C19H27N5O2S/c1-12-5-4-6-16(13(12)2)21-17(25)11-27-19-23-22-18(24(19)20)14-7-9-15(26-3)10-8-14/h7-10,12-13,16H,4-6,11,20H2,1-3H3,(H,21,25). The fourth-order valence-corrected chi connectivity index (χ4v) is 4.14. The van der Waals surface area contributed by atoms with E-state index in [2.05, 4.69) is 29.4 Å². The Morgan fingerprint density at radius 2 is 2.04 bits per heavy atom. The molecule has 1 aromatic carbocycles. The lowest BCUT2D eigenvalue weighted by molar-refractivity contribution is -0.120. The zero-order valence-corrected chi connectivity index (χ0v) is 16.8. The van der Waals surface area contributed by atoms with E-state index in [-0.39, 0.29) is 17.7 Å². The van der Waals surface area contributed by atoms with Gasteiger partial charge in [0.15, 0.2) is 5.82 Å². The fourth-order valence-electron chi connectivity index (χ4n) is 3.48. The monoisotopic (exact) mass is 389 g/mol. The summed E-state index contributed by atoms with van der Waals surface area (Å²) in [5, 5.41) is 12.0. The number of rotatable bonds is 6. The van der Waals surface area contributed by atoms with Gasteiger partial charge in [0.25, 0.3) is 0 Å². The highest BCUT2D eigenvalue weighted by Gasteiger charge is 2.28. The van der Waals surface area contributed by atoms with Crippen LogP contribution in [0.1, 0.15) is 33.1 Å². The first-order valence-electron chi connectivity index (χ1n) is 9.26. The van der Waals surface area contributed by atoms with Crippen LogP contribution in [0.4, 0.5) is 0 Å². The average molecular weight is 390 g/mol. The zero-order valence-electron chi connectivity index (χ0n) is 16.0. The maximum absolute atomic E-state index is 12.4. The molecule has 146 valence electrons. The molecule has 1 aliphatic carbocycles. The van der Waals surface area contributed by atoms with Crippen LogP contribution in [-0.2, 0) is 4.79 Å². The molecule has 0 radical (unpaired) electrons. The number of carbonyl (C=O) groups is 1. The number of ether oxygens (including phenoxy) is 1. The van der Waals surface area contributed by atoms with E-state index in [0.29, 0.717) is 22.8 Å². The normalized spacial score (nSPS) is 22.4. The average Bonchev–Trinajstić information content (AvgIpc) is 3.04. The van der Waals surface area contributed by atoms with Crippen LogP contribution in [0.15, 0.2) is 29.4 Å². The van der Waals surface area contributed by atoms with Crippen molar-refractivity contribution < 1.29 is 9.53 Å². The van der Waals surface area contributed by atoms with Crippen LogP contribution in [0.5, 0.6) is 5.75 Å². The van der Waals surface area contributed by atoms with Crippen molar-refractivity contribution in [1.29, 1.82) is 0 Å². The Labute approximate surface area is 164 Å². The second-order valence-corrected chi connectivity index (χ2v) is 8.08. The number of amides is 1. The first kappa shape index (κ1) is 19.5. The zero-order chi connectivity index (χ0) is 19.4. The van der Waals surface area contributed by atoms with Gasteiger partial charge in [-0.2, -0.15) is 0 Å². The largest absolute Gasteiger partial charge is 0.497 e. The third-order valence-electron chi connectivity index (χ3n) is 5.40. The maximum atomic E-state index is 12.4. The Kier molecular flexibility index (Phi) is 6.26. The van der Waals surface area contributed by atoms with Crippen LogP contribution in [-0.4, -0.2) is 39.7 Å². The van der Waals surface area contributed by atoms with Gasteiger partial charge in [0.1, 0.15) is 5.75 Å². The number of nitrogens with two attached hydrogens (primary N) is 1. The lowest BCUT2D eigenvalue weighted by Gasteiger charge is -2.34. The summed E-state index contributed by atoms with van der Waals surface area (Å²) < 4.78 is 6.58. The van der Waals surface area contributed by atoms with Crippen molar-refractivity contribution in [3.05, 3.63) is 24.3 Å². The number of thioether (sulfide) groups is 1. The van der Waals surface area contributed by atoms with E-state index in [0.717, 1.165) is 17.7 Å². The number of hydrogen-bond acceptors (Lipinski definition) is 6. The van der Waals surface area contributed by atoms with Crippen molar-refractivity contribution in [1.82, 2.24) is 20.2 Å². The molecule has 1 fully saturated rings. The van der Waals surface area contributed by atoms with Crippen LogP contribution >= 0.6 is 11.8 Å². The summed E-state index contributed by atoms with van der Waals surface area (Å²) in [5.41, 5.74) is 0.840. The van der Waals surface area contributed by atoms with Gasteiger partial charge >= 0.3 is 0 Å². The molecule has 0 aliphatic heterocycles. The summed E-state index contributed by atoms with van der Waals surface area (Å²) in [6.45, 7) is 4.48. The summed E-state index contributed by atoms with van der Waals surface area (Å²) in [6, 6.07) is 7.69. The number of nitrogen functional groups attached to an aromatic ring is 1. The van der Waals surface area contributed by atoms with E-state index >= 15 is 0 Å². The van der Waals surface area contributed by atoms with Gasteiger partial charge in [-0.1, -0.05) is 38.5 Å². The summed E-state index contributed by atoms with van der Waals surface area (Å²) in [7, 11) is 1.62. The van der Waals surface area contributed by atoms with Crippen molar-refractivity contribution in [3.63, 3.8) is 0 Å². The number of aromatic nitrogens is 3. The molecule has 3 atom stereocenters. The highest BCUT2D eigenvalue weighted by atomic mass is 32.2. The van der Waals surface area contributed by atoms with Gasteiger partial charge in [-0.25, -0.2) is 4.68 Å². The molecule has 7 nitrogen and oxygen atoms in total. The van der Waals surface area contributed by atoms with Crippen LogP contribution in [0.25, 0.3) is 11.4 Å². The molecule has 0 bridgehead atoms. The fraction of sp³-hybridized carbons (Fsp3) is 0.526. The Morgan fingerprint density at radius 1 is 1.30 bits per heavy atom. The van der Waals surface area contributed by atoms with Crippen LogP contribution in [0.2, 0.25) is 0 Å². The molecule has 8 heteroatoms. The molecule has 3 N–H and O–H groups in total. The number of methoxy groups -OCH3 is 1. The molecule has 27 heavy (non-hydrogen) atoms. The summed E-state index contributed by atoms with van der Waals surface area (Å²) in [4.78, 5) is 12.4. The molecule has 1 aromatic heterocycles. The van der Waals surface area contributed by atoms with E-state index in [4.69, 9.17) is 10.6 Å². The number of hydrogen-bond donors (Lipinski definition) is 2. The molecule has 3 unspecified atom stereocenters. The molecule has 0 spiro atoms. The molecule has 1 heterocycles. The van der Waals surface area contributed by atoms with E-state index in [1.54, 1.807) is 7.11 Å². The van der Waals surface area contributed by atoms with E-state index < -0.39 is 0 Å². The highest BCUT2D eigenvalue weighted by molar-refractivity contribution is 7.99. The number of nitrogens with zero attached hydrogens (tertiary/aromatic N) is 3. The van der Waals surface area contributed by atoms with Gasteiger partial charge in [-0.3, -0.25) is 4.79 Å². The lowest BCUT2D eigenvalue weighted by atomic mass is 9.78. The first-order valence-corrected chi connectivity index (χ1v) is 10.2. The summed E-state index contributed by atoms with van der Waals surface area (Å²) in [5.74, 6) is 8.88. The van der Waals surface area contributed by atoms with Crippen molar-refractivity contribution in [3.8, 4) is 17.1 Å². The predicted molar refractivity (Wildman–Crippen MR) is 107 cm³/mol. The number of carbonyl (C=O) groups excluding carboxylic acids is 1. The van der Waals surface area contributed by atoms with Crippen molar-refractivity contribution in [2.75, 3.05) is 18.7 Å². The van der Waals surface area contributed by atoms with Crippen LogP contribution < -0.4 is 15.9 Å². The molecular weight excluding hydrogens is 362 g/mol.